The van der Waals surface area contributed by atoms with Gasteiger partial charge in [0.05, 0.1) is 6.42 Å². The van der Waals surface area contributed by atoms with E-state index in [2.05, 4.69) is 5.32 Å². The van der Waals surface area contributed by atoms with E-state index < -0.39 is 0 Å². The first-order chi connectivity index (χ1) is 9.17. The van der Waals surface area contributed by atoms with Crippen LogP contribution < -0.4 is 11.1 Å². The fraction of sp³-hybridized carbons (Fsp3) is 0.133. The van der Waals surface area contributed by atoms with Gasteiger partial charge in [-0.15, -0.1) is 0 Å². The van der Waals surface area contributed by atoms with Crippen LogP contribution in [0.1, 0.15) is 11.1 Å². The number of phenols is 1. The molecular weight excluding hydrogens is 240 g/mol. The zero-order chi connectivity index (χ0) is 13.7. The number of carbonyl (C=O) groups excluding carboxylic acids is 1. The van der Waals surface area contributed by atoms with E-state index in [0.717, 1.165) is 16.8 Å². The Kier molecular flexibility index (Phi) is 4.15. The lowest BCUT2D eigenvalue weighted by Crippen LogP contribution is -2.14. The summed E-state index contributed by atoms with van der Waals surface area (Å²) in [6, 6.07) is 14.1. The van der Waals surface area contributed by atoms with Crippen molar-refractivity contribution in [1.82, 2.24) is 0 Å². The highest BCUT2D eigenvalue weighted by Gasteiger charge is 2.05. The van der Waals surface area contributed by atoms with Crippen molar-refractivity contribution in [3.05, 3.63) is 59.7 Å². The standard InChI is InChI=1S/C15H16N2O2/c16-10-12-4-1-5-13(7-12)17-15(19)9-11-3-2-6-14(18)8-11/h1-8,18H,9-10,16H2,(H,17,19). The Morgan fingerprint density at radius 2 is 1.84 bits per heavy atom. The van der Waals surface area contributed by atoms with Crippen LogP contribution in [0.15, 0.2) is 48.5 Å². The molecule has 0 spiro atoms. The Morgan fingerprint density at radius 1 is 1.11 bits per heavy atom. The summed E-state index contributed by atoms with van der Waals surface area (Å²) in [6.45, 7) is 0.441. The molecule has 0 bridgehead atoms. The van der Waals surface area contributed by atoms with Crippen molar-refractivity contribution in [2.24, 2.45) is 5.73 Å². The number of hydrogen-bond donors (Lipinski definition) is 3. The third-order valence-electron chi connectivity index (χ3n) is 2.72. The van der Waals surface area contributed by atoms with Crippen molar-refractivity contribution < 1.29 is 9.90 Å². The van der Waals surface area contributed by atoms with Gasteiger partial charge in [0.15, 0.2) is 0 Å². The van der Waals surface area contributed by atoms with Gasteiger partial charge in [0.2, 0.25) is 5.91 Å². The molecule has 0 heterocycles. The second-order valence-electron chi connectivity index (χ2n) is 4.30. The molecule has 0 aliphatic carbocycles. The molecular formula is C15H16N2O2. The Balaban J connectivity index is 2.01. The molecule has 0 unspecified atom stereocenters. The lowest BCUT2D eigenvalue weighted by atomic mass is 10.1. The highest BCUT2D eigenvalue weighted by molar-refractivity contribution is 5.92. The average molecular weight is 256 g/mol. The van der Waals surface area contributed by atoms with Crippen LogP contribution in [0.2, 0.25) is 0 Å². The minimum Gasteiger partial charge on any atom is -0.508 e. The van der Waals surface area contributed by atoms with Gasteiger partial charge in [-0.2, -0.15) is 0 Å². The van der Waals surface area contributed by atoms with Crippen LogP contribution in [-0.2, 0) is 17.8 Å². The van der Waals surface area contributed by atoms with Gasteiger partial charge in [-0.1, -0.05) is 24.3 Å². The maximum absolute atomic E-state index is 11.9. The summed E-state index contributed by atoms with van der Waals surface area (Å²) >= 11 is 0. The maximum Gasteiger partial charge on any atom is 0.228 e. The van der Waals surface area contributed by atoms with Crippen LogP contribution in [0.4, 0.5) is 5.69 Å². The summed E-state index contributed by atoms with van der Waals surface area (Å²) in [6.07, 6.45) is 0.223. The van der Waals surface area contributed by atoms with Gasteiger partial charge in [-0.3, -0.25) is 4.79 Å². The number of phenolic OH excluding ortho intramolecular Hbond substituents is 1. The van der Waals surface area contributed by atoms with Crippen molar-refractivity contribution in [3.8, 4) is 5.75 Å². The van der Waals surface area contributed by atoms with Gasteiger partial charge in [0.25, 0.3) is 0 Å². The fourth-order valence-corrected chi connectivity index (χ4v) is 1.83. The topological polar surface area (TPSA) is 75.3 Å². The molecule has 2 aromatic rings. The summed E-state index contributed by atoms with van der Waals surface area (Å²) in [5.74, 6) is 0.0372. The van der Waals surface area contributed by atoms with Gasteiger partial charge >= 0.3 is 0 Å². The summed E-state index contributed by atoms with van der Waals surface area (Å²) in [5, 5.41) is 12.1. The van der Waals surface area contributed by atoms with E-state index >= 15 is 0 Å². The van der Waals surface area contributed by atoms with Crippen LogP contribution >= 0.6 is 0 Å². The number of hydrogen-bond acceptors (Lipinski definition) is 3. The van der Waals surface area contributed by atoms with E-state index in [-0.39, 0.29) is 18.1 Å². The normalized spacial score (nSPS) is 10.2. The van der Waals surface area contributed by atoms with Gasteiger partial charge in [-0.25, -0.2) is 0 Å². The van der Waals surface area contributed by atoms with E-state index in [1.165, 1.54) is 0 Å². The second-order valence-corrected chi connectivity index (χ2v) is 4.30. The quantitative estimate of drug-likeness (QED) is 0.783. The molecule has 98 valence electrons. The molecule has 4 nitrogen and oxygen atoms in total. The molecule has 2 aromatic carbocycles. The number of benzene rings is 2. The minimum atomic E-state index is -0.125. The summed E-state index contributed by atoms with van der Waals surface area (Å²) < 4.78 is 0. The largest absolute Gasteiger partial charge is 0.508 e. The molecule has 0 fully saturated rings. The van der Waals surface area contributed by atoms with Crippen molar-refractivity contribution in [1.29, 1.82) is 0 Å². The Morgan fingerprint density at radius 3 is 2.58 bits per heavy atom. The number of aromatic hydroxyl groups is 1. The van der Waals surface area contributed by atoms with Crippen LogP contribution in [0.25, 0.3) is 0 Å². The minimum absolute atomic E-state index is 0.125. The van der Waals surface area contributed by atoms with Gasteiger partial charge < -0.3 is 16.2 Å². The van der Waals surface area contributed by atoms with E-state index in [9.17, 15) is 9.90 Å². The zero-order valence-corrected chi connectivity index (χ0v) is 10.5. The number of carbonyl (C=O) groups is 1. The van der Waals surface area contributed by atoms with Gasteiger partial charge in [0, 0.05) is 12.2 Å². The molecule has 0 saturated heterocycles. The fourth-order valence-electron chi connectivity index (χ4n) is 1.83. The molecule has 0 saturated carbocycles. The van der Waals surface area contributed by atoms with E-state index in [4.69, 9.17) is 5.73 Å². The molecule has 0 atom stereocenters. The Labute approximate surface area is 111 Å². The van der Waals surface area contributed by atoms with E-state index in [1.807, 2.05) is 24.3 Å². The first-order valence-corrected chi connectivity index (χ1v) is 6.04. The Hall–Kier alpha value is -2.33. The van der Waals surface area contributed by atoms with E-state index in [1.54, 1.807) is 24.3 Å². The highest BCUT2D eigenvalue weighted by atomic mass is 16.3. The van der Waals surface area contributed by atoms with Crippen molar-refractivity contribution >= 4 is 11.6 Å². The van der Waals surface area contributed by atoms with Crippen LogP contribution in [-0.4, -0.2) is 11.0 Å². The highest BCUT2D eigenvalue weighted by Crippen LogP contribution is 2.13. The summed E-state index contributed by atoms with van der Waals surface area (Å²) in [7, 11) is 0. The first kappa shape index (κ1) is 13.1. The van der Waals surface area contributed by atoms with Crippen molar-refractivity contribution in [3.63, 3.8) is 0 Å². The number of nitrogens with one attached hydrogen (secondary N) is 1. The number of rotatable bonds is 4. The zero-order valence-electron chi connectivity index (χ0n) is 10.5. The molecule has 19 heavy (non-hydrogen) atoms. The van der Waals surface area contributed by atoms with Crippen molar-refractivity contribution in [2.75, 3.05) is 5.32 Å². The van der Waals surface area contributed by atoms with Crippen LogP contribution in [0.3, 0.4) is 0 Å². The van der Waals surface area contributed by atoms with Gasteiger partial charge in [0.1, 0.15) is 5.75 Å². The smallest absolute Gasteiger partial charge is 0.228 e. The van der Waals surface area contributed by atoms with Crippen LogP contribution in [0.5, 0.6) is 5.75 Å². The number of amides is 1. The van der Waals surface area contributed by atoms with Crippen molar-refractivity contribution in [2.45, 2.75) is 13.0 Å². The monoisotopic (exact) mass is 256 g/mol. The lowest BCUT2D eigenvalue weighted by molar-refractivity contribution is -0.115. The predicted molar refractivity (Wildman–Crippen MR) is 74.8 cm³/mol. The second kappa shape index (κ2) is 6.02. The summed E-state index contributed by atoms with van der Waals surface area (Å²) in [5.41, 5.74) is 8.02. The lowest BCUT2D eigenvalue weighted by Gasteiger charge is -2.07. The molecule has 4 N–H and O–H groups in total. The molecule has 0 aliphatic heterocycles. The summed E-state index contributed by atoms with van der Waals surface area (Å²) in [4.78, 5) is 11.9. The average Bonchev–Trinajstić information content (AvgIpc) is 2.38. The SMILES string of the molecule is NCc1cccc(NC(=O)Cc2cccc(O)c2)c1. The molecule has 0 radical (unpaired) electrons. The van der Waals surface area contributed by atoms with Gasteiger partial charge in [-0.05, 0) is 35.4 Å². The molecule has 2 rings (SSSR count). The number of anilines is 1. The third kappa shape index (κ3) is 3.82. The first-order valence-electron chi connectivity index (χ1n) is 6.04. The molecule has 0 aromatic heterocycles. The molecule has 1 amide bonds. The maximum atomic E-state index is 11.9. The van der Waals surface area contributed by atoms with E-state index in [0.29, 0.717) is 6.54 Å². The number of nitrogens with two attached hydrogens (primary N) is 1. The predicted octanol–water partition coefficient (Wildman–Crippen LogP) is 2.03. The Bertz CT molecular complexity index is 582. The molecule has 0 aliphatic rings. The van der Waals surface area contributed by atoms with Crippen LogP contribution in [0, 0.1) is 0 Å². The molecule has 4 heteroatoms. The third-order valence-corrected chi connectivity index (χ3v) is 2.72.